The summed E-state index contributed by atoms with van der Waals surface area (Å²) in [5.74, 6) is -0.406. The van der Waals surface area contributed by atoms with Gasteiger partial charge in [0, 0.05) is 12.4 Å². The van der Waals surface area contributed by atoms with Crippen LogP contribution in [0.25, 0.3) is 5.65 Å². The Labute approximate surface area is 121 Å². The third-order valence-electron chi connectivity index (χ3n) is 3.14. The number of fused-ring (bicyclic) bond motifs is 1. The van der Waals surface area contributed by atoms with Gasteiger partial charge in [-0.05, 0) is 29.8 Å². The van der Waals surface area contributed by atoms with E-state index in [1.807, 2.05) is 35.0 Å². The summed E-state index contributed by atoms with van der Waals surface area (Å²) in [5, 5.41) is 8.96. The summed E-state index contributed by atoms with van der Waals surface area (Å²) in [6.45, 7) is 0.0822. The van der Waals surface area contributed by atoms with E-state index in [1.54, 1.807) is 24.3 Å². The van der Waals surface area contributed by atoms with E-state index in [2.05, 4.69) is 4.98 Å². The summed E-state index contributed by atoms with van der Waals surface area (Å²) in [6.07, 6.45) is 3.72. The van der Waals surface area contributed by atoms with Gasteiger partial charge in [-0.2, -0.15) is 0 Å². The molecule has 0 aliphatic heterocycles. The number of pyridine rings is 1. The quantitative estimate of drug-likeness (QED) is 0.745. The van der Waals surface area contributed by atoms with Gasteiger partial charge in [-0.1, -0.05) is 18.2 Å². The monoisotopic (exact) mass is 282 g/mol. The van der Waals surface area contributed by atoms with Crippen molar-refractivity contribution in [2.75, 3.05) is 0 Å². The second-order valence-corrected chi connectivity index (χ2v) is 4.63. The molecule has 3 aromatic rings. The Morgan fingerprint density at radius 3 is 2.71 bits per heavy atom. The third-order valence-corrected chi connectivity index (χ3v) is 3.14. The van der Waals surface area contributed by atoms with E-state index in [9.17, 15) is 4.79 Å². The van der Waals surface area contributed by atoms with Crippen LogP contribution in [0.1, 0.15) is 21.6 Å². The van der Waals surface area contributed by atoms with Gasteiger partial charge in [-0.25, -0.2) is 9.78 Å². The van der Waals surface area contributed by atoms with Crippen LogP contribution in [0.4, 0.5) is 0 Å². The Morgan fingerprint density at radius 1 is 1.19 bits per heavy atom. The van der Waals surface area contributed by atoms with Gasteiger partial charge in [0.1, 0.15) is 12.3 Å². The highest BCUT2D eigenvalue weighted by atomic mass is 16.5. The number of carbonyl (C=O) groups is 1. The van der Waals surface area contributed by atoms with E-state index in [4.69, 9.17) is 9.84 Å². The largest absolute Gasteiger partial charge is 0.456 e. The highest BCUT2D eigenvalue weighted by molar-refractivity contribution is 5.89. The zero-order chi connectivity index (χ0) is 14.7. The van der Waals surface area contributed by atoms with Crippen LogP contribution in [-0.4, -0.2) is 20.5 Å². The number of esters is 1. The molecule has 0 amide bonds. The molecule has 0 aliphatic rings. The number of aromatic nitrogens is 2. The van der Waals surface area contributed by atoms with E-state index >= 15 is 0 Å². The first-order valence-electron chi connectivity index (χ1n) is 6.56. The van der Waals surface area contributed by atoms with Crippen LogP contribution in [0.3, 0.4) is 0 Å². The summed E-state index contributed by atoms with van der Waals surface area (Å²) < 4.78 is 7.11. The van der Waals surface area contributed by atoms with Gasteiger partial charge < -0.3 is 14.2 Å². The smallest absolute Gasteiger partial charge is 0.338 e. The summed E-state index contributed by atoms with van der Waals surface area (Å²) in [6, 6.07) is 12.4. The fourth-order valence-corrected chi connectivity index (χ4v) is 2.03. The number of nitrogens with zero attached hydrogens (tertiary/aromatic N) is 2. The van der Waals surface area contributed by atoms with Crippen molar-refractivity contribution in [1.29, 1.82) is 0 Å². The van der Waals surface area contributed by atoms with E-state index < -0.39 is 5.97 Å². The number of ether oxygens (including phenoxy) is 1. The minimum atomic E-state index is -0.406. The van der Waals surface area contributed by atoms with E-state index in [0.29, 0.717) is 11.3 Å². The standard InChI is InChI=1S/C16H14N2O3/c19-10-12-4-6-13(7-5-12)16(20)21-11-14-9-18-8-2-1-3-15(18)17-14/h1-9,19H,10-11H2. The Hall–Kier alpha value is -2.66. The number of benzene rings is 1. The average molecular weight is 282 g/mol. The second-order valence-electron chi connectivity index (χ2n) is 4.63. The number of rotatable bonds is 4. The lowest BCUT2D eigenvalue weighted by Crippen LogP contribution is -2.05. The predicted octanol–water partition coefficient (Wildman–Crippen LogP) is 2.18. The maximum atomic E-state index is 11.9. The highest BCUT2D eigenvalue weighted by Gasteiger charge is 2.09. The second kappa shape index (κ2) is 5.76. The van der Waals surface area contributed by atoms with Crippen LogP contribution < -0.4 is 0 Å². The number of carbonyl (C=O) groups excluding carboxylic acids is 1. The van der Waals surface area contributed by atoms with Gasteiger partial charge in [0.2, 0.25) is 0 Å². The molecule has 5 nitrogen and oxygen atoms in total. The topological polar surface area (TPSA) is 63.8 Å². The molecule has 1 N–H and O–H groups in total. The van der Waals surface area contributed by atoms with Crippen molar-refractivity contribution in [2.45, 2.75) is 13.2 Å². The van der Waals surface area contributed by atoms with Crippen LogP contribution in [0, 0.1) is 0 Å². The number of aliphatic hydroxyl groups excluding tert-OH is 1. The third kappa shape index (κ3) is 2.93. The van der Waals surface area contributed by atoms with Crippen LogP contribution in [0.5, 0.6) is 0 Å². The van der Waals surface area contributed by atoms with Gasteiger partial charge in [-0.3, -0.25) is 0 Å². The zero-order valence-corrected chi connectivity index (χ0v) is 11.3. The SMILES string of the molecule is O=C(OCc1cn2ccccc2n1)c1ccc(CO)cc1. The number of aliphatic hydroxyl groups is 1. The minimum absolute atomic E-state index is 0.0451. The Balaban J connectivity index is 1.67. The Kier molecular flexibility index (Phi) is 3.66. The number of imidazole rings is 1. The minimum Gasteiger partial charge on any atom is -0.456 e. The molecule has 0 saturated carbocycles. The Morgan fingerprint density at radius 2 is 2.00 bits per heavy atom. The molecule has 2 heterocycles. The van der Waals surface area contributed by atoms with Gasteiger partial charge in [0.15, 0.2) is 0 Å². The van der Waals surface area contributed by atoms with Crippen molar-refractivity contribution in [3.05, 3.63) is 71.7 Å². The van der Waals surface area contributed by atoms with Crippen LogP contribution >= 0.6 is 0 Å². The fraction of sp³-hybridized carbons (Fsp3) is 0.125. The molecule has 0 saturated heterocycles. The van der Waals surface area contributed by atoms with Crippen molar-refractivity contribution in [3.8, 4) is 0 Å². The summed E-state index contributed by atoms with van der Waals surface area (Å²) in [4.78, 5) is 16.3. The molecule has 1 aromatic carbocycles. The first kappa shape index (κ1) is 13.3. The molecule has 3 rings (SSSR count). The summed E-state index contributed by atoms with van der Waals surface area (Å²) in [5.41, 5.74) is 2.72. The molecule has 106 valence electrons. The molecule has 21 heavy (non-hydrogen) atoms. The van der Waals surface area contributed by atoms with Gasteiger partial charge in [-0.15, -0.1) is 0 Å². The van der Waals surface area contributed by atoms with Crippen molar-refractivity contribution in [2.24, 2.45) is 0 Å². The summed E-state index contributed by atoms with van der Waals surface area (Å²) >= 11 is 0. The van der Waals surface area contributed by atoms with Gasteiger partial charge >= 0.3 is 5.97 Å². The first-order valence-corrected chi connectivity index (χ1v) is 6.56. The molecular formula is C16H14N2O3. The number of hydrogen-bond acceptors (Lipinski definition) is 4. The maximum Gasteiger partial charge on any atom is 0.338 e. The lowest BCUT2D eigenvalue weighted by molar-refractivity contribution is 0.0468. The lowest BCUT2D eigenvalue weighted by Gasteiger charge is -2.03. The average Bonchev–Trinajstić information content (AvgIpc) is 2.95. The zero-order valence-electron chi connectivity index (χ0n) is 11.3. The molecule has 0 spiro atoms. The number of hydrogen-bond donors (Lipinski definition) is 1. The van der Waals surface area contributed by atoms with Crippen molar-refractivity contribution >= 4 is 11.6 Å². The lowest BCUT2D eigenvalue weighted by atomic mass is 10.1. The normalized spacial score (nSPS) is 10.7. The molecular weight excluding hydrogens is 268 g/mol. The fourth-order valence-electron chi connectivity index (χ4n) is 2.03. The first-order chi connectivity index (χ1) is 10.3. The van der Waals surface area contributed by atoms with Crippen LogP contribution in [-0.2, 0) is 18.0 Å². The van der Waals surface area contributed by atoms with Crippen LogP contribution in [0.15, 0.2) is 54.9 Å². The molecule has 0 radical (unpaired) electrons. The molecule has 0 fully saturated rings. The van der Waals surface area contributed by atoms with Gasteiger partial charge in [0.05, 0.1) is 17.9 Å². The van der Waals surface area contributed by atoms with E-state index in [0.717, 1.165) is 11.2 Å². The van der Waals surface area contributed by atoms with E-state index in [-0.39, 0.29) is 13.2 Å². The molecule has 0 aliphatic carbocycles. The summed E-state index contributed by atoms with van der Waals surface area (Å²) in [7, 11) is 0. The van der Waals surface area contributed by atoms with Crippen molar-refractivity contribution in [3.63, 3.8) is 0 Å². The molecule has 0 atom stereocenters. The highest BCUT2D eigenvalue weighted by Crippen LogP contribution is 2.09. The Bertz CT molecular complexity index is 730. The molecule has 0 bridgehead atoms. The molecule has 0 unspecified atom stereocenters. The molecule has 5 heteroatoms. The van der Waals surface area contributed by atoms with Crippen molar-refractivity contribution < 1.29 is 14.6 Å². The predicted molar refractivity (Wildman–Crippen MR) is 76.7 cm³/mol. The van der Waals surface area contributed by atoms with E-state index in [1.165, 1.54) is 0 Å². The van der Waals surface area contributed by atoms with Gasteiger partial charge in [0.25, 0.3) is 0 Å². The maximum absolute atomic E-state index is 11.9. The molecule has 2 aromatic heterocycles. The van der Waals surface area contributed by atoms with Crippen LogP contribution in [0.2, 0.25) is 0 Å². The van der Waals surface area contributed by atoms with Crippen molar-refractivity contribution in [1.82, 2.24) is 9.38 Å².